The molecule has 1 aliphatic heterocycles. The lowest BCUT2D eigenvalue weighted by atomic mass is 9.97. The molecule has 0 atom stereocenters. The Morgan fingerprint density at radius 2 is 1.58 bits per heavy atom. The predicted molar refractivity (Wildman–Crippen MR) is 130 cm³/mol. The summed E-state index contributed by atoms with van der Waals surface area (Å²) in [6.45, 7) is 0.631. The Morgan fingerprint density at radius 3 is 2.27 bits per heavy atom. The molecule has 0 aliphatic carbocycles. The first kappa shape index (κ1) is 23.3. The van der Waals surface area contributed by atoms with Crippen molar-refractivity contribution < 1.29 is 17.9 Å². The maximum absolute atomic E-state index is 12.9. The van der Waals surface area contributed by atoms with Gasteiger partial charge < -0.3 is 10.1 Å². The van der Waals surface area contributed by atoms with Crippen LogP contribution in [0.3, 0.4) is 0 Å². The number of sulfonamides is 1. The molecule has 0 bridgehead atoms. The molecule has 6 nitrogen and oxygen atoms in total. The number of benzene rings is 3. The molecule has 1 amide bonds. The van der Waals surface area contributed by atoms with Crippen LogP contribution in [-0.4, -0.2) is 31.7 Å². The summed E-state index contributed by atoms with van der Waals surface area (Å²) in [4.78, 5) is 12.9. The van der Waals surface area contributed by atoms with Gasteiger partial charge >= 0.3 is 0 Å². The molecule has 0 unspecified atom stereocenters. The van der Waals surface area contributed by atoms with Crippen LogP contribution in [0.2, 0.25) is 5.02 Å². The van der Waals surface area contributed by atoms with Crippen molar-refractivity contribution in [3.63, 3.8) is 0 Å². The minimum Gasteiger partial charge on any atom is -0.455 e. The van der Waals surface area contributed by atoms with Gasteiger partial charge in [-0.3, -0.25) is 4.79 Å². The van der Waals surface area contributed by atoms with E-state index >= 15 is 0 Å². The number of carbonyl (C=O) groups excluding carboxylic acids is 1. The highest BCUT2D eigenvalue weighted by atomic mass is 35.5. The molecule has 1 aliphatic rings. The lowest BCUT2D eigenvalue weighted by molar-refractivity contribution is -0.120. The molecule has 8 heteroatoms. The zero-order valence-corrected chi connectivity index (χ0v) is 19.6. The molecule has 1 fully saturated rings. The molecule has 33 heavy (non-hydrogen) atoms. The maximum Gasteiger partial charge on any atom is 0.227 e. The van der Waals surface area contributed by atoms with E-state index in [-0.39, 0.29) is 17.6 Å². The number of anilines is 1. The zero-order chi connectivity index (χ0) is 23.3. The largest absolute Gasteiger partial charge is 0.455 e. The van der Waals surface area contributed by atoms with E-state index in [1.165, 1.54) is 4.31 Å². The summed E-state index contributed by atoms with van der Waals surface area (Å²) in [5, 5.41) is 3.52. The van der Waals surface area contributed by atoms with Crippen LogP contribution in [0.1, 0.15) is 18.4 Å². The van der Waals surface area contributed by atoms with E-state index in [0.29, 0.717) is 53.7 Å². The molecular weight excluding hydrogens is 460 g/mol. The highest BCUT2D eigenvalue weighted by Crippen LogP contribution is 2.30. The van der Waals surface area contributed by atoms with Crippen molar-refractivity contribution in [3.8, 4) is 11.5 Å². The van der Waals surface area contributed by atoms with Gasteiger partial charge in [0.05, 0.1) is 11.4 Å². The molecule has 3 aromatic rings. The molecule has 1 heterocycles. The SMILES string of the molecule is O=C(Nc1ccccc1Oc1ccccc1)C1CCN(S(=O)(=O)Cc2ccc(Cl)cc2)CC1. The van der Waals surface area contributed by atoms with Crippen LogP contribution in [0.15, 0.2) is 78.9 Å². The highest BCUT2D eigenvalue weighted by molar-refractivity contribution is 7.88. The van der Waals surface area contributed by atoms with Gasteiger partial charge in [0.25, 0.3) is 0 Å². The normalized spacial score (nSPS) is 15.2. The van der Waals surface area contributed by atoms with E-state index in [2.05, 4.69) is 5.32 Å². The fraction of sp³-hybridized carbons (Fsp3) is 0.240. The summed E-state index contributed by atoms with van der Waals surface area (Å²) < 4.78 is 33.0. The van der Waals surface area contributed by atoms with Gasteiger partial charge in [-0.2, -0.15) is 0 Å². The summed E-state index contributed by atoms with van der Waals surface area (Å²) in [5.41, 5.74) is 1.28. The predicted octanol–water partition coefficient (Wildman–Crippen LogP) is 5.31. The average molecular weight is 485 g/mol. The van der Waals surface area contributed by atoms with Gasteiger partial charge in [-0.15, -0.1) is 0 Å². The number of nitrogens with one attached hydrogen (secondary N) is 1. The number of halogens is 1. The minimum atomic E-state index is -3.46. The first-order valence-corrected chi connectivity index (χ1v) is 12.7. The molecule has 1 N–H and O–H groups in total. The summed E-state index contributed by atoms with van der Waals surface area (Å²) in [6, 6.07) is 23.4. The molecule has 4 rings (SSSR count). The number of hydrogen-bond donors (Lipinski definition) is 1. The Labute approximate surface area is 199 Å². The third-order valence-corrected chi connectivity index (χ3v) is 7.70. The fourth-order valence-corrected chi connectivity index (χ4v) is 5.48. The third-order valence-electron chi connectivity index (χ3n) is 5.60. The van der Waals surface area contributed by atoms with Crippen LogP contribution >= 0.6 is 11.6 Å². The van der Waals surface area contributed by atoms with Crippen molar-refractivity contribution in [2.24, 2.45) is 5.92 Å². The third kappa shape index (κ3) is 6.13. The second kappa shape index (κ2) is 10.4. The van der Waals surface area contributed by atoms with E-state index < -0.39 is 10.0 Å². The Morgan fingerprint density at radius 1 is 0.939 bits per heavy atom. The Balaban J connectivity index is 1.35. The molecule has 0 aromatic heterocycles. The van der Waals surface area contributed by atoms with Crippen LogP contribution in [0, 0.1) is 5.92 Å². The maximum atomic E-state index is 12.9. The number of para-hydroxylation sites is 3. The highest BCUT2D eigenvalue weighted by Gasteiger charge is 2.31. The van der Waals surface area contributed by atoms with Gasteiger partial charge in [0.15, 0.2) is 5.75 Å². The van der Waals surface area contributed by atoms with Gasteiger partial charge in [0.1, 0.15) is 5.75 Å². The van der Waals surface area contributed by atoms with E-state index in [0.717, 1.165) is 0 Å². The smallest absolute Gasteiger partial charge is 0.227 e. The van der Waals surface area contributed by atoms with Crippen LogP contribution in [-0.2, 0) is 20.6 Å². The van der Waals surface area contributed by atoms with Crippen molar-refractivity contribution in [2.75, 3.05) is 18.4 Å². The number of piperidine rings is 1. The van der Waals surface area contributed by atoms with Gasteiger partial charge in [0, 0.05) is 24.0 Å². The molecule has 1 saturated heterocycles. The Bertz CT molecular complexity index is 1190. The molecule has 0 saturated carbocycles. The Hall–Kier alpha value is -2.87. The van der Waals surface area contributed by atoms with E-state index in [1.54, 1.807) is 36.4 Å². The summed E-state index contributed by atoms with van der Waals surface area (Å²) in [5.74, 6) is 0.759. The minimum absolute atomic E-state index is 0.0781. The number of amides is 1. The van der Waals surface area contributed by atoms with Crippen molar-refractivity contribution in [1.29, 1.82) is 0 Å². The van der Waals surface area contributed by atoms with Gasteiger partial charge in [-0.1, -0.05) is 54.1 Å². The lowest BCUT2D eigenvalue weighted by Gasteiger charge is -2.30. The van der Waals surface area contributed by atoms with E-state index in [4.69, 9.17) is 16.3 Å². The van der Waals surface area contributed by atoms with Gasteiger partial charge in [-0.25, -0.2) is 12.7 Å². The second-order valence-electron chi connectivity index (χ2n) is 7.96. The monoisotopic (exact) mass is 484 g/mol. The van der Waals surface area contributed by atoms with Crippen LogP contribution in [0.4, 0.5) is 5.69 Å². The zero-order valence-electron chi connectivity index (χ0n) is 18.0. The molecular formula is C25H25ClN2O4S. The van der Waals surface area contributed by atoms with E-state index in [9.17, 15) is 13.2 Å². The summed E-state index contributed by atoms with van der Waals surface area (Å²) >= 11 is 5.88. The number of nitrogens with zero attached hydrogens (tertiary/aromatic N) is 1. The first-order valence-electron chi connectivity index (χ1n) is 10.8. The molecule has 3 aromatic carbocycles. The van der Waals surface area contributed by atoms with Crippen LogP contribution < -0.4 is 10.1 Å². The Kier molecular flexibility index (Phi) is 7.33. The van der Waals surface area contributed by atoms with Crippen molar-refractivity contribution >= 4 is 33.2 Å². The standard InChI is InChI=1S/C25H25ClN2O4S/c26-21-12-10-19(11-13-21)18-33(30,31)28-16-14-20(15-17-28)25(29)27-23-8-4-5-9-24(23)32-22-6-2-1-3-7-22/h1-13,20H,14-18H2,(H,27,29). The fourth-order valence-electron chi connectivity index (χ4n) is 3.79. The van der Waals surface area contributed by atoms with Crippen molar-refractivity contribution in [1.82, 2.24) is 4.31 Å². The van der Waals surface area contributed by atoms with E-state index in [1.807, 2.05) is 42.5 Å². The number of ether oxygens (including phenoxy) is 1. The quantitative estimate of drug-likeness (QED) is 0.493. The van der Waals surface area contributed by atoms with Crippen molar-refractivity contribution in [3.05, 3.63) is 89.4 Å². The number of carbonyl (C=O) groups is 1. The van der Waals surface area contributed by atoms with Gasteiger partial charge in [0.2, 0.25) is 15.9 Å². The molecule has 172 valence electrons. The second-order valence-corrected chi connectivity index (χ2v) is 10.4. The topological polar surface area (TPSA) is 75.7 Å². The van der Waals surface area contributed by atoms with Crippen LogP contribution in [0.5, 0.6) is 11.5 Å². The summed E-state index contributed by atoms with van der Waals surface area (Å²) in [6.07, 6.45) is 0.931. The molecule has 0 spiro atoms. The lowest BCUT2D eigenvalue weighted by Crippen LogP contribution is -2.41. The van der Waals surface area contributed by atoms with Gasteiger partial charge in [-0.05, 0) is 54.8 Å². The summed E-state index contributed by atoms with van der Waals surface area (Å²) in [7, 11) is -3.46. The number of hydrogen-bond acceptors (Lipinski definition) is 4. The number of rotatable bonds is 7. The average Bonchev–Trinajstić information content (AvgIpc) is 2.82. The van der Waals surface area contributed by atoms with Crippen LogP contribution in [0.25, 0.3) is 0 Å². The molecule has 0 radical (unpaired) electrons. The van der Waals surface area contributed by atoms with Crippen molar-refractivity contribution in [2.45, 2.75) is 18.6 Å². The first-order chi connectivity index (χ1) is 15.9.